The number of rotatable bonds is 2. The third-order valence-electron chi connectivity index (χ3n) is 3.31. The predicted molar refractivity (Wildman–Crippen MR) is 68.1 cm³/mol. The molecule has 0 atom stereocenters. The molecule has 1 aliphatic rings. The van der Waals surface area contributed by atoms with Crippen LogP contribution in [0.1, 0.15) is 37.4 Å². The van der Waals surface area contributed by atoms with Crippen molar-refractivity contribution in [2.45, 2.75) is 31.6 Å². The van der Waals surface area contributed by atoms with Gasteiger partial charge in [0.15, 0.2) is 0 Å². The second-order valence-corrected chi connectivity index (χ2v) is 5.42. The van der Waals surface area contributed by atoms with Crippen molar-refractivity contribution in [2.24, 2.45) is 0 Å². The van der Waals surface area contributed by atoms with Crippen molar-refractivity contribution in [3.8, 4) is 10.6 Å². The van der Waals surface area contributed by atoms with Gasteiger partial charge in [0.1, 0.15) is 11.6 Å². The standard InChI is InChI=1S/C13H14N2OS/c16-10-5-3-9(4-6-10)13-14-8-11(15-13)12-2-1-7-17-12/h1-2,7-9H,3-6H2,(H,14,15). The molecule has 0 unspecified atom stereocenters. The predicted octanol–water partition coefficient (Wildman–Crippen LogP) is 3.36. The average Bonchev–Trinajstić information content (AvgIpc) is 3.00. The number of Topliss-reactive ketones (excluding diaryl/α,β-unsaturated/α-hetero) is 1. The lowest BCUT2D eigenvalue weighted by molar-refractivity contribution is -0.120. The number of carbonyl (C=O) groups is 1. The summed E-state index contributed by atoms with van der Waals surface area (Å²) in [7, 11) is 0. The minimum Gasteiger partial charge on any atom is -0.341 e. The van der Waals surface area contributed by atoms with Crippen molar-refractivity contribution < 1.29 is 4.79 Å². The zero-order chi connectivity index (χ0) is 11.7. The highest BCUT2D eigenvalue weighted by atomic mass is 32.1. The highest BCUT2D eigenvalue weighted by molar-refractivity contribution is 7.13. The van der Waals surface area contributed by atoms with Gasteiger partial charge in [-0.25, -0.2) is 4.98 Å². The molecule has 2 aromatic heterocycles. The van der Waals surface area contributed by atoms with Gasteiger partial charge in [-0.3, -0.25) is 4.79 Å². The van der Waals surface area contributed by atoms with Crippen molar-refractivity contribution in [3.63, 3.8) is 0 Å². The summed E-state index contributed by atoms with van der Waals surface area (Å²) in [4.78, 5) is 20.3. The fourth-order valence-corrected chi connectivity index (χ4v) is 3.01. The lowest BCUT2D eigenvalue weighted by atomic mass is 9.88. The first-order chi connectivity index (χ1) is 8.33. The van der Waals surface area contributed by atoms with E-state index in [0.717, 1.165) is 24.4 Å². The number of nitrogens with zero attached hydrogens (tertiary/aromatic N) is 1. The van der Waals surface area contributed by atoms with E-state index >= 15 is 0 Å². The molecular formula is C13H14N2OS. The summed E-state index contributed by atoms with van der Waals surface area (Å²) in [5.74, 6) is 1.87. The summed E-state index contributed by atoms with van der Waals surface area (Å²) in [6, 6.07) is 4.13. The van der Waals surface area contributed by atoms with Crippen LogP contribution in [0.4, 0.5) is 0 Å². The number of imidazole rings is 1. The Labute approximate surface area is 104 Å². The van der Waals surface area contributed by atoms with Crippen LogP contribution in [0.15, 0.2) is 23.7 Å². The van der Waals surface area contributed by atoms with Crippen molar-refractivity contribution >= 4 is 17.1 Å². The summed E-state index contributed by atoms with van der Waals surface area (Å²) in [6.45, 7) is 0. The lowest BCUT2D eigenvalue weighted by Gasteiger charge is -2.18. The number of thiophene rings is 1. The number of hydrogen-bond donors (Lipinski definition) is 1. The molecule has 0 bridgehead atoms. The Hall–Kier alpha value is -1.42. The maximum Gasteiger partial charge on any atom is 0.132 e. The van der Waals surface area contributed by atoms with Gasteiger partial charge in [0.2, 0.25) is 0 Å². The molecule has 2 aromatic rings. The molecular weight excluding hydrogens is 232 g/mol. The number of aromatic nitrogens is 2. The number of nitrogens with one attached hydrogen (secondary N) is 1. The zero-order valence-electron chi connectivity index (χ0n) is 9.48. The fraction of sp³-hybridized carbons (Fsp3) is 0.385. The molecule has 1 aliphatic carbocycles. The van der Waals surface area contributed by atoms with Gasteiger partial charge in [-0.15, -0.1) is 11.3 Å². The highest BCUT2D eigenvalue weighted by Gasteiger charge is 2.22. The maximum atomic E-state index is 11.2. The Kier molecular flexibility index (Phi) is 2.81. The van der Waals surface area contributed by atoms with Gasteiger partial charge in [0, 0.05) is 18.8 Å². The molecule has 1 N–H and O–H groups in total. The van der Waals surface area contributed by atoms with E-state index in [0.29, 0.717) is 24.5 Å². The first kappa shape index (κ1) is 10.7. The van der Waals surface area contributed by atoms with Crippen molar-refractivity contribution in [3.05, 3.63) is 29.5 Å². The molecule has 3 nitrogen and oxygen atoms in total. The van der Waals surface area contributed by atoms with Crippen LogP contribution >= 0.6 is 11.3 Å². The first-order valence-corrected chi connectivity index (χ1v) is 6.81. The third-order valence-corrected chi connectivity index (χ3v) is 4.22. The zero-order valence-corrected chi connectivity index (χ0v) is 10.3. The number of ketones is 1. The van der Waals surface area contributed by atoms with Gasteiger partial charge in [-0.05, 0) is 24.3 Å². The third kappa shape index (κ3) is 2.17. The molecule has 1 saturated carbocycles. The minimum absolute atomic E-state index is 0.395. The van der Waals surface area contributed by atoms with Crippen molar-refractivity contribution in [2.75, 3.05) is 0 Å². The minimum atomic E-state index is 0.395. The van der Waals surface area contributed by atoms with Crippen LogP contribution in [0, 0.1) is 0 Å². The Morgan fingerprint density at radius 3 is 2.88 bits per heavy atom. The number of aromatic amines is 1. The molecule has 4 heteroatoms. The van der Waals surface area contributed by atoms with E-state index in [1.165, 1.54) is 4.88 Å². The molecule has 17 heavy (non-hydrogen) atoms. The van der Waals surface area contributed by atoms with Crippen LogP contribution in [-0.4, -0.2) is 15.8 Å². The maximum absolute atomic E-state index is 11.2. The molecule has 0 aliphatic heterocycles. The van der Waals surface area contributed by atoms with Gasteiger partial charge in [-0.1, -0.05) is 6.07 Å². The second-order valence-electron chi connectivity index (χ2n) is 4.47. The smallest absolute Gasteiger partial charge is 0.132 e. The molecule has 2 heterocycles. The summed E-state index contributed by atoms with van der Waals surface area (Å²) >= 11 is 1.71. The van der Waals surface area contributed by atoms with E-state index in [2.05, 4.69) is 21.4 Å². The molecule has 1 fully saturated rings. The molecule has 0 radical (unpaired) electrons. The quantitative estimate of drug-likeness (QED) is 0.883. The van der Waals surface area contributed by atoms with Crippen LogP contribution in [0.2, 0.25) is 0 Å². The molecule has 0 spiro atoms. The van der Waals surface area contributed by atoms with Gasteiger partial charge in [0.25, 0.3) is 0 Å². The van der Waals surface area contributed by atoms with Crippen molar-refractivity contribution in [1.29, 1.82) is 0 Å². The summed E-state index contributed by atoms with van der Waals surface area (Å²) < 4.78 is 0. The monoisotopic (exact) mass is 246 g/mol. The summed E-state index contributed by atoms with van der Waals surface area (Å²) in [6.07, 6.45) is 5.20. The SMILES string of the molecule is O=C1CCC(c2ncc(-c3cccs3)[nH]2)CC1. The number of H-pyrrole nitrogens is 1. The number of hydrogen-bond acceptors (Lipinski definition) is 3. The van der Waals surface area contributed by atoms with E-state index in [1.54, 1.807) is 11.3 Å². The average molecular weight is 246 g/mol. The lowest BCUT2D eigenvalue weighted by Crippen LogP contribution is -2.13. The molecule has 0 aromatic carbocycles. The summed E-state index contributed by atoms with van der Waals surface area (Å²) in [5.41, 5.74) is 1.09. The van der Waals surface area contributed by atoms with Crippen LogP contribution in [0.3, 0.4) is 0 Å². The summed E-state index contributed by atoms with van der Waals surface area (Å²) in [5, 5.41) is 2.06. The van der Waals surface area contributed by atoms with E-state index in [4.69, 9.17) is 0 Å². The Morgan fingerprint density at radius 1 is 1.35 bits per heavy atom. The van der Waals surface area contributed by atoms with Crippen LogP contribution < -0.4 is 0 Å². The van der Waals surface area contributed by atoms with E-state index in [9.17, 15) is 4.79 Å². The largest absolute Gasteiger partial charge is 0.341 e. The molecule has 88 valence electrons. The van der Waals surface area contributed by atoms with Gasteiger partial charge >= 0.3 is 0 Å². The van der Waals surface area contributed by atoms with Gasteiger partial charge in [-0.2, -0.15) is 0 Å². The van der Waals surface area contributed by atoms with E-state index < -0.39 is 0 Å². The van der Waals surface area contributed by atoms with Crippen LogP contribution in [-0.2, 0) is 4.79 Å². The van der Waals surface area contributed by atoms with Gasteiger partial charge < -0.3 is 4.98 Å². The Balaban J connectivity index is 1.79. The molecule has 0 saturated heterocycles. The van der Waals surface area contributed by atoms with Crippen LogP contribution in [0.5, 0.6) is 0 Å². The highest BCUT2D eigenvalue weighted by Crippen LogP contribution is 2.31. The Morgan fingerprint density at radius 2 is 2.18 bits per heavy atom. The molecule has 0 amide bonds. The molecule has 3 rings (SSSR count). The second kappa shape index (κ2) is 4.45. The van der Waals surface area contributed by atoms with E-state index in [1.807, 2.05) is 12.3 Å². The fourth-order valence-electron chi connectivity index (χ4n) is 2.31. The topological polar surface area (TPSA) is 45.8 Å². The van der Waals surface area contributed by atoms with E-state index in [-0.39, 0.29) is 0 Å². The Bertz CT molecular complexity index is 505. The first-order valence-electron chi connectivity index (χ1n) is 5.93. The van der Waals surface area contributed by atoms with Gasteiger partial charge in [0.05, 0.1) is 16.8 Å². The number of carbonyl (C=O) groups excluding carboxylic acids is 1. The van der Waals surface area contributed by atoms with Crippen LogP contribution in [0.25, 0.3) is 10.6 Å². The normalized spacial score (nSPS) is 17.5. The van der Waals surface area contributed by atoms with Crippen molar-refractivity contribution in [1.82, 2.24) is 9.97 Å².